The van der Waals surface area contributed by atoms with Crippen molar-refractivity contribution in [3.8, 4) is 17.2 Å². The van der Waals surface area contributed by atoms with Gasteiger partial charge in [-0.25, -0.2) is 0 Å². The van der Waals surface area contributed by atoms with Gasteiger partial charge < -0.3 is 34.2 Å². The first-order valence-corrected chi connectivity index (χ1v) is 13.5. The highest BCUT2D eigenvalue weighted by Crippen LogP contribution is 2.38. The van der Waals surface area contributed by atoms with Crippen molar-refractivity contribution in [2.75, 3.05) is 66.6 Å². The van der Waals surface area contributed by atoms with E-state index in [1.807, 2.05) is 30.3 Å². The molecule has 2 aliphatic rings. The van der Waals surface area contributed by atoms with Gasteiger partial charge in [0.1, 0.15) is 6.10 Å². The molecule has 2 aliphatic heterocycles. The molecule has 0 aromatic heterocycles. The summed E-state index contributed by atoms with van der Waals surface area (Å²) in [5.74, 6) is 1.28. The van der Waals surface area contributed by atoms with Crippen molar-refractivity contribution in [3.63, 3.8) is 0 Å². The maximum atomic E-state index is 12.9. The molecule has 206 valence electrons. The van der Waals surface area contributed by atoms with Gasteiger partial charge in [0.2, 0.25) is 5.75 Å². The number of rotatable bonds is 5. The lowest BCUT2D eigenvalue weighted by Gasteiger charge is -2.24. The van der Waals surface area contributed by atoms with Crippen LogP contribution in [0.4, 0.5) is 0 Å². The Hall–Kier alpha value is -3.30. The van der Waals surface area contributed by atoms with Gasteiger partial charge in [0.25, 0.3) is 5.91 Å². The molecule has 0 radical (unpaired) electrons. The predicted molar refractivity (Wildman–Crippen MR) is 148 cm³/mol. The van der Waals surface area contributed by atoms with Gasteiger partial charge in [-0.3, -0.25) is 4.79 Å². The molecule has 3 unspecified atom stereocenters. The third-order valence-corrected chi connectivity index (χ3v) is 7.01. The molecule has 1 amide bonds. The van der Waals surface area contributed by atoms with Crippen molar-refractivity contribution >= 4 is 12.1 Å². The Bertz CT molecular complexity index is 1050. The van der Waals surface area contributed by atoms with Crippen LogP contribution in [0.2, 0.25) is 0 Å². The number of fused-ring (bicyclic) bond motifs is 5. The van der Waals surface area contributed by atoms with Crippen LogP contribution in [-0.2, 0) is 4.84 Å². The fraction of sp³-hybridized carbons (Fsp3) is 0.517. The van der Waals surface area contributed by atoms with Crippen molar-refractivity contribution in [2.24, 2.45) is 5.16 Å². The predicted octanol–water partition coefficient (Wildman–Crippen LogP) is 3.42. The smallest absolute Gasteiger partial charge is 0.251 e. The number of nitrogens with zero attached hydrogens (tertiary/aromatic N) is 3. The molecular formula is C29H40N4O5. The molecule has 9 heteroatoms. The summed E-state index contributed by atoms with van der Waals surface area (Å²) in [5, 5.41) is 7.35. The van der Waals surface area contributed by atoms with Gasteiger partial charge >= 0.3 is 0 Å². The SMILES string of the molecule is COc1cc2cc(c1OC)OCCCC(O/N=C/c1ccccc1)CCN1CCCN(CCNC2=O)CC1. The van der Waals surface area contributed by atoms with E-state index in [9.17, 15) is 4.79 Å². The number of benzene rings is 2. The molecule has 2 heterocycles. The average molecular weight is 525 g/mol. The van der Waals surface area contributed by atoms with Crippen LogP contribution in [0.3, 0.4) is 0 Å². The molecule has 3 atom stereocenters. The lowest BCUT2D eigenvalue weighted by atomic mass is 10.1. The van der Waals surface area contributed by atoms with E-state index in [1.165, 1.54) is 0 Å². The number of carbonyl (C=O) groups excluding carboxylic acids is 1. The minimum atomic E-state index is -0.155. The molecule has 2 aromatic rings. The van der Waals surface area contributed by atoms with Crippen LogP contribution in [0.1, 0.15) is 41.6 Å². The molecule has 0 saturated carbocycles. The first-order valence-electron chi connectivity index (χ1n) is 13.5. The second-order valence-corrected chi connectivity index (χ2v) is 9.65. The van der Waals surface area contributed by atoms with E-state index in [2.05, 4.69) is 20.3 Å². The summed E-state index contributed by atoms with van der Waals surface area (Å²) in [5.41, 5.74) is 1.49. The van der Waals surface area contributed by atoms with E-state index in [4.69, 9.17) is 19.0 Å². The quantitative estimate of drug-likeness (QED) is 0.474. The van der Waals surface area contributed by atoms with Gasteiger partial charge in [0, 0.05) is 38.3 Å². The minimum absolute atomic E-state index is 0.0228. The summed E-state index contributed by atoms with van der Waals surface area (Å²) in [6.45, 7) is 6.90. The summed E-state index contributed by atoms with van der Waals surface area (Å²) >= 11 is 0. The second-order valence-electron chi connectivity index (χ2n) is 9.65. The number of hydrogen-bond acceptors (Lipinski definition) is 8. The lowest BCUT2D eigenvalue weighted by Crippen LogP contribution is -2.37. The number of methoxy groups -OCH3 is 2. The summed E-state index contributed by atoms with van der Waals surface area (Å²) in [6, 6.07) is 13.4. The Morgan fingerprint density at radius 1 is 0.947 bits per heavy atom. The molecular weight excluding hydrogens is 484 g/mol. The molecule has 2 aromatic carbocycles. The zero-order chi connectivity index (χ0) is 26.6. The molecule has 1 fully saturated rings. The number of nitrogens with one attached hydrogen (secondary N) is 1. The van der Waals surface area contributed by atoms with E-state index in [-0.39, 0.29) is 12.0 Å². The topological polar surface area (TPSA) is 84.9 Å². The van der Waals surface area contributed by atoms with Gasteiger partial charge in [-0.2, -0.15) is 0 Å². The van der Waals surface area contributed by atoms with Crippen molar-refractivity contribution in [3.05, 3.63) is 53.6 Å². The molecule has 9 nitrogen and oxygen atoms in total. The van der Waals surface area contributed by atoms with Crippen molar-refractivity contribution < 1.29 is 23.8 Å². The first kappa shape index (κ1) is 27.7. The Morgan fingerprint density at radius 2 is 1.74 bits per heavy atom. The summed E-state index contributed by atoms with van der Waals surface area (Å²) in [6.07, 6.45) is 5.31. The van der Waals surface area contributed by atoms with Crippen LogP contribution in [0.25, 0.3) is 0 Å². The number of oxime groups is 1. The van der Waals surface area contributed by atoms with Gasteiger partial charge in [-0.15, -0.1) is 0 Å². The maximum absolute atomic E-state index is 12.9. The van der Waals surface area contributed by atoms with Crippen LogP contribution in [0.5, 0.6) is 17.2 Å². The third-order valence-electron chi connectivity index (χ3n) is 7.01. The maximum Gasteiger partial charge on any atom is 0.251 e. The highest BCUT2D eigenvalue weighted by atomic mass is 16.6. The van der Waals surface area contributed by atoms with Crippen LogP contribution in [0.15, 0.2) is 47.6 Å². The number of amides is 1. The normalized spacial score (nSPS) is 23.4. The van der Waals surface area contributed by atoms with Crippen molar-refractivity contribution in [1.29, 1.82) is 0 Å². The van der Waals surface area contributed by atoms with Crippen molar-refractivity contribution in [1.82, 2.24) is 15.1 Å². The fourth-order valence-corrected chi connectivity index (χ4v) is 4.85. The molecule has 1 saturated heterocycles. The Labute approximate surface area is 225 Å². The molecule has 0 spiro atoms. The van der Waals surface area contributed by atoms with Crippen LogP contribution >= 0.6 is 0 Å². The lowest BCUT2D eigenvalue weighted by molar-refractivity contribution is 0.0363. The van der Waals surface area contributed by atoms with E-state index in [0.717, 1.165) is 70.5 Å². The van der Waals surface area contributed by atoms with Crippen LogP contribution in [0, 0.1) is 0 Å². The molecule has 0 aliphatic carbocycles. The standard InChI is InChI=1S/C29H40N4O5/c1-35-26-20-24-21-27(28(26)36-2)37-19-6-10-25(38-31-22-23-8-4-3-5-9-23)11-15-32-13-7-14-33(18-17-32)16-12-30-29(24)34/h3-5,8-9,20-22,25H,6-7,10-19H2,1-2H3,(H,30,34)/b31-22+. The van der Waals surface area contributed by atoms with Crippen molar-refractivity contribution in [2.45, 2.75) is 31.8 Å². The Morgan fingerprint density at radius 3 is 2.50 bits per heavy atom. The number of ether oxygens (including phenoxy) is 3. The van der Waals surface area contributed by atoms with Crippen LogP contribution < -0.4 is 19.5 Å². The molecule has 1 N–H and O–H groups in total. The summed E-state index contributed by atoms with van der Waals surface area (Å²) in [7, 11) is 3.13. The average Bonchev–Trinajstić information content (AvgIpc) is 3.18. The van der Waals surface area contributed by atoms with Gasteiger partial charge in [-0.1, -0.05) is 35.5 Å². The second kappa shape index (κ2) is 14.6. The Balaban J connectivity index is 1.49. The number of hydrogen-bond donors (Lipinski definition) is 1. The summed E-state index contributed by atoms with van der Waals surface area (Å²) < 4.78 is 17.1. The van der Waals surface area contributed by atoms with Crippen LogP contribution in [-0.4, -0.2) is 94.7 Å². The van der Waals surface area contributed by atoms with E-state index >= 15 is 0 Å². The zero-order valence-electron chi connectivity index (χ0n) is 22.6. The zero-order valence-corrected chi connectivity index (χ0v) is 22.6. The van der Waals surface area contributed by atoms with Gasteiger partial charge in [0.05, 0.1) is 27.0 Å². The first-order chi connectivity index (χ1) is 18.7. The molecule has 4 rings (SSSR count). The van der Waals surface area contributed by atoms with E-state index in [0.29, 0.717) is 36.0 Å². The summed E-state index contributed by atoms with van der Waals surface area (Å²) in [4.78, 5) is 23.9. The Kier molecular flexibility index (Phi) is 10.6. The van der Waals surface area contributed by atoms with E-state index in [1.54, 1.807) is 32.6 Å². The fourth-order valence-electron chi connectivity index (χ4n) is 4.85. The monoisotopic (exact) mass is 524 g/mol. The largest absolute Gasteiger partial charge is 0.493 e. The number of carbonyl (C=O) groups is 1. The van der Waals surface area contributed by atoms with Gasteiger partial charge in [0.15, 0.2) is 11.5 Å². The molecule has 4 bridgehead atoms. The molecule has 38 heavy (non-hydrogen) atoms. The van der Waals surface area contributed by atoms with Gasteiger partial charge in [-0.05, 0) is 56.5 Å². The highest BCUT2D eigenvalue weighted by Gasteiger charge is 2.20. The highest BCUT2D eigenvalue weighted by molar-refractivity contribution is 5.95. The minimum Gasteiger partial charge on any atom is -0.493 e. The third kappa shape index (κ3) is 8.10. The van der Waals surface area contributed by atoms with E-state index < -0.39 is 0 Å².